The maximum absolute atomic E-state index is 11.0. The number of carbonyl (C=O) groups is 1. The van der Waals surface area contributed by atoms with E-state index in [-0.39, 0.29) is 0 Å². The molecule has 0 aromatic rings. The third-order valence-corrected chi connectivity index (χ3v) is 2.83. The lowest BCUT2D eigenvalue weighted by molar-refractivity contribution is -0.141. The summed E-state index contributed by atoms with van der Waals surface area (Å²) < 4.78 is 0. The average molecular weight is 179 g/mol. The van der Waals surface area contributed by atoms with Crippen molar-refractivity contribution in [2.45, 2.75) is 26.2 Å². The van der Waals surface area contributed by atoms with Crippen molar-refractivity contribution in [2.24, 2.45) is 5.41 Å². The molecule has 0 amide bonds. The zero-order chi connectivity index (χ0) is 9.47. The highest BCUT2D eigenvalue weighted by Crippen LogP contribution is 2.54. The maximum Gasteiger partial charge on any atom is 0.313 e. The molecule has 1 aliphatic heterocycles. The van der Waals surface area contributed by atoms with Gasteiger partial charge in [0.2, 0.25) is 0 Å². The van der Waals surface area contributed by atoms with Crippen LogP contribution in [-0.2, 0) is 4.79 Å². The molecule has 0 aromatic heterocycles. The Kier molecular flexibility index (Phi) is 1.68. The summed E-state index contributed by atoms with van der Waals surface area (Å²) in [5.74, 6) is -0.671. The van der Waals surface area contributed by atoms with E-state index in [9.17, 15) is 4.79 Å². The molecule has 0 radical (unpaired) electrons. The van der Waals surface area contributed by atoms with Crippen molar-refractivity contribution in [3.63, 3.8) is 0 Å². The van der Waals surface area contributed by atoms with Crippen LogP contribution in [0.3, 0.4) is 0 Å². The summed E-state index contributed by atoms with van der Waals surface area (Å²) in [6.45, 7) is 2.01. The van der Waals surface area contributed by atoms with Gasteiger partial charge in [-0.2, -0.15) is 0 Å². The van der Waals surface area contributed by atoms with E-state index in [1.54, 1.807) is 0 Å². The number of hydrogen-bond donors (Lipinski definition) is 2. The van der Waals surface area contributed by atoms with Gasteiger partial charge in [-0.05, 0) is 38.0 Å². The second kappa shape index (κ2) is 2.62. The highest BCUT2D eigenvalue weighted by atomic mass is 16.4. The van der Waals surface area contributed by atoms with Crippen molar-refractivity contribution in [1.29, 1.82) is 0 Å². The molecule has 0 bridgehead atoms. The molecule has 0 unspecified atom stereocenters. The van der Waals surface area contributed by atoms with Gasteiger partial charge in [0, 0.05) is 6.20 Å². The smallest absolute Gasteiger partial charge is 0.313 e. The van der Waals surface area contributed by atoms with Gasteiger partial charge in [0.1, 0.15) is 0 Å². The number of carboxylic acids is 1. The van der Waals surface area contributed by atoms with E-state index in [1.807, 2.05) is 19.3 Å². The lowest BCUT2D eigenvalue weighted by atomic mass is 9.90. The van der Waals surface area contributed by atoms with E-state index in [4.69, 9.17) is 5.11 Å². The molecule has 0 atom stereocenters. The van der Waals surface area contributed by atoms with E-state index in [1.165, 1.54) is 5.57 Å². The number of nitrogens with one attached hydrogen (secondary N) is 1. The molecule has 2 N–H and O–H groups in total. The van der Waals surface area contributed by atoms with E-state index < -0.39 is 11.4 Å². The Balaban J connectivity index is 2.18. The molecule has 3 nitrogen and oxygen atoms in total. The number of rotatable bonds is 2. The Morgan fingerprint density at radius 3 is 2.69 bits per heavy atom. The fourth-order valence-electron chi connectivity index (χ4n) is 1.79. The Labute approximate surface area is 77.1 Å². The van der Waals surface area contributed by atoms with Crippen molar-refractivity contribution in [3.05, 3.63) is 23.5 Å². The number of hydrogen-bond acceptors (Lipinski definition) is 2. The van der Waals surface area contributed by atoms with Crippen LogP contribution in [0.15, 0.2) is 23.5 Å². The first kappa shape index (κ1) is 8.35. The topological polar surface area (TPSA) is 49.3 Å². The summed E-state index contributed by atoms with van der Waals surface area (Å²) in [6.07, 6.45) is 6.15. The summed E-state index contributed by atoms with van der Waals surface area (Å²) in [7, 11) is 0. The Hall–Kier alpha value is -1.25. The lowest BCUT2D eigenvalue weighted by Gasteiger charge is -2.18. The Morgan fingerprint density at radius 2 is 2.23 bits per heavy atom. The fourth-order valence-corrected chi connectivity index (χ4v) is 1.79. The average Bonchev–Trinajstić information content (AvgIpc) is 2.83. The van der Waals surface area contributed by atoms with Crippen LogP contribution in [0.4, 0.5) is 0 Å². The first-order valence-electron chi connectivity index (χ1n) is 4.50. The van der Waals surface area contributed by atoms with Crippen LogP contribution >= 0.6 is 0 Å². The van der Waals surface area contributed by atoms with E-state index in [0.717, 1.165) is 24.8 Å². The standard InChI is InChI=1S/C10H13NO2/c1-7-4-8(6-11-5-7)10(2-3-10)9(12)13/h5-6,11H,2-4H2,1H3,(H,12,13). The van der Waals surface area contributed by atoms with Gasteiger partial charge in [0.25, 0.3) is 0 Å². The molecule has 1 aliphatic carbocycles. The number of dihydropyridines is 1. The van der Waals surface area contributed by atoms with Crippen molar-refractivity contribution in [3.8, 4) is 0 Å². The molecular formula is C10H13NO2. The predicted molar refractivity (Wildman–Crippen MR) is 48.9 cm³/mol. The molecule has 2 rings (SSSR count). The van der Waals surface area contributed by atoms with Crippen molar-refractivity contribution in [2.75, 3.05) is 0 Å². The van der Waals surface area contributed by atoms with Gasteiger partial charge in [-0.25, -0.2) is 0 Å². The van der Waals surface area contributed by atoms with Gasteiger partial charge in [-0.1, -0.05) is 5.57 Å². The minimum Gasteiger partial charge on any atom is -0.481 e. The Bertz CT molecular complexity index is 311. The van der Waals surface area contributed by atoms with Gasteiger partial charge >= 0.3 is 5.97 Å². The van der Waals surface area contributed by atoms with Crippen LogP contribution < -0.4 is 5.32 Å². The first-order valence-corrected chi connectivity index (χ1v) is 4.50. The SMILES string of the molecule is CC1=CNC=C(C2(C(=O)O)CC2)C1. The Morgan fingerprint density at radius 1 is 1.54 bits per heavy atom. The van der Waals surface area contributed by atoms with Gasteiger partial charge in [0.05, 0.1) is 5.41 Å². The first-order chi connectivity index (χ1) is 6.15. The molecule has 1 heterocycles. The van der Waals surface area contributed by atoms with Gasteiger partial charge in [-0.3, -0.25) is 4.79 Å². The third kappa shape index (κ3) is 1.24. The van der Waals surface area contributed by atoms with Crippen LogP contribution in [0.2, 0.25) is 0 Å². The molecule has 2 aliphatic rings. The molecular weight excluding hydrogens is 166 g/mol. The van der Waals surface area contributed by atoms with Crippen molar-refractivity contribution >= 4 is 5.97 Å². The van der Waals surface area contributed by atoms with Gasteiger partial charge in [0.15, 0.2) is 0 Å². The molecule has 1 saturated carbocycles. The van der Waals surface area contributed by atoms with Crippen LogP contribution in [0.5, 0.6) is 0 Å². The fraction of sp³-hybridized carbons (Fsp3) is 0.500. The lowest BCUT2D eigenvalue weighted by Crippen LogP contribution is -2.21. The van der Waals surface area contributed by atoms with Crippen LogP contribution in [0, 0.1) is 5.41 Å². The number of carboxylic acid groups (broad SMARTS) is 1. The molecule has 3 heteroatoms. The van der Waals surface area contributed by atoms with E-state index in [2.05, 4.69) is 5.32 Å². The molecule has 1 fully saturated rings. The minimum atomic E-state index is -0.671. The second-order valence-electron chi connectivity index (χ2n) is 3.89. The summed E-state index contributed by atoms with van der Waals surface area (Å²) in [5.41, 5.74) is 1.70. The normalized spacial score (nSPS) is 24.1. The maximum atomic E-state index is 11.0. The summed E-state index contributed by atoms with van der Waals surface area (Å²) in [6, 6.07) is 0. The molecule has 0 aromatic carbocycles. The summed E-state index contributed by atoms with van der Waals surface area (Å²) in [5, 5.41) is 12.1. The molecule has 0 spiro atoms. The highest BCUT2D eigenvalue weighted by Gasteiger charge is 2.53. The third-order valence-electron chi connectivity index (χ3n) is 2.83. The number of aliphatic carboxylic acids is 1. The van der Waals surface area contributed by atoms with Crippen LogP contribution in [0.25, 0.3) is 0 Å². The van der Waals surface area contributed by atoms with Crippen LogP contribution in [-0.4, -0.2) is 11.1 Å². The quantitative estimate of drug-likeness (QED) is 0.677. The zero-order valence-corrected chi connectivity index (χ0v) is 7.63. The summed E-state index contributed by atoms with van der Waals surface area (Å²) in [4.78, 5) is 11.0. The molecule has 70 valence electrons. The van der Waals surface area contributed by atoms with Gasteiger partial charge in [-0.15, -0.1) is 0 Å². The van der Waals surface area contributed by atoms with E-state index >= 15 is 0 Å². The highest BCUT2D eigenvalue weighted by molar-refractivity contribution is 5.82. The van der Waals surface area contributed by atoms with Crippen LogP contribution in [0.1, 0.15) is 26.2 Å². The molecule has 13 heavy (non-hydrogen) atoms. The predicted octanol–water partition coefficient (Wildman–Crippen LogP) is 1.63. The molecule has 0 saturated heterocycles. The monoisotopic (exact) mass is 179 g/mol. The minimum absolute atomic E-state index is 0.525. The largest absolute Gasteiger partial charge is 0.481 e. The van der Waals surface area contributed by atoms with Gasteiger partial charge < -0.3 is 10.4 Å². The summed E-state index contributed by atoms with van der Waals surface area (Å²) >= 11 is 0. The van der Waals surface area contributed by atoms with Crippen molar-refractivity contribution in [1.82, 2.24) is 5.32 Å². The van der Waals surface area contributed by atoms with Crippen molar-refractivity contribution < 1.29 is 9.90 Å². The number of allylic oxidation sites excluding steroid dienone is 1. The second-order valence-corrected chi connectivity index (χ2v) is 3.89. The van der Waals surface area contributed by atoms with E-state index in [0.29, 0.717) is 0 Å². The zero-order valence-electron chi connectivity index (χ0n) is 7.63.